The van der Waals surface area contributed by atoms with E-state index in [0.29, 0.717) is 5.02 Å². The molecule has 0 saturated heterocycles. The molecule has 2 aromatic carbocycles. The molecule has 0 bridgehead atoms. The van der Waals surface area contributed by atoms with Crippen LogP contribution in [-0.4, -0.2) is 33.2 Å². The summed E-state index contributed by atoms with van der Waals surface area (Å²) in [4.78, 5) is 24.0. The topological polar surface area (TPSA) is 49.0 Å². The average Bonchev–Trinajstić information content (AvgIpc) is 3.17. The number of hydrogen-bond donors (Lipinski definition) is 1. The predicted octanol–water partition coefficient (Wildman–Crippen LogP) is 4.85. The van der Waals surface area contributed by atoms with Gasteiger partial charge in [-0.3, -0.25) is 9.69 Å². The lowest BCUT2D eigenvalue weighted by Crippen LogP contribution is -2.46. The van der Waals surface area contributed by atoms with E-state index in [1.807, 2.05) is 24.3 Å². The Labute approximate surface area is 175 Å². The Bertz CT molecular complexity index is 1070. The summed E-state index contributed by atoms with van der Waals surface area (Å²) in [5.74, 6) is 1.11. The highest BCUT2D eigenvalue weighted by Crippen LogP contribution is 2.32. The van der Waals surface area contributed by atoms with Gasteiger partial charge in [-0.1, -0.05) is 48.9 Å². The molecule has 0 amide bonds. The lowest BCUT2D eigenvalue weighted by molar-refractivity contribution is 0.0761. The average molecular weight is 406 g/mol. The molecule has 148 valence electrons. The van der Waals surface area contributed by atoms with E-state index in [4.69, 9.17) is 16.6 Å². The highest BCUT2D eigenvalue weighted by atomic mass is 35.5. The van der Waals surface area contributed by atoms with Crippen molar-refractivity contribution in [3.63, 3.8) is 0 Å². The van der Waals surface area contributed by atoms with Crippen molar-refractivity contribution in [2.75, 3.05) is 6.54 Å². The number of carbonyl (C=O) groups is 1. The number of carbonyl (C=O) groups excluding carboxylic acids is 1. The zero-order valence-electron chi connectivity index (χ0n) is 16.5. The first-order valence-electron chi connectivity index (χ1n) is 10.4. The predicted molar refractivity (Wildman–Crippen MR) is 115 cm³/mol. The highest BCUT2D eigenvalue weighted by molar-refractivity contribution is 6.33. The minimum atomic E-state index is -0.0459. The Hall–Kier alpha value is -2.43. The summed E-state index contributed by atoms with van der Waals surface area (Å²) in [5.41, 5.74) is 6.48. The van der Waals surface area contributed by atoms with Crippen molar-refractivity contribution >= 4 is 17.4 Å². The van der Waals surface area contributed by atoms with Crippen LogP contribution >= 0.6 is 11.6 Å². The van der Waals surface area contributed by atoms with Crippen LogP contribution in [0, 0.1) is 0 Å². The van der Waals surface area contributed by atoms with Crippen molar-refractivity contribution in [2.24, 2.45) is 0 Å². The number of H-pyrrole nitrogens is 1. The maximum Gasteiger partial charge on any atom is 0.180 e. The molecule has 1 atom stereocenters. The lowest BCUT2D eigenvalue weighted by Gasteiger charge is -2.36. The van der Waals surface area contributed by atoms with Crippen LogP contribution in [0.25, 0.3) is 11.4 Å². The smallest absolute Gasteiger partial charge is 0.180 e. The van der Waals surface area contributed by atoms with E-state index in [1.54, 1.807) is 0 Å². The molecule has 3 aromatic rings. The van der Waals surface area contributed by atoms with Crippen LogP contribution in [0.15, 0.2) is 42.5 Å². The molecule has 1 N–H and O–H groups in total. The van der Waals surface area contributed by atoms with Gasteiger partial charge in [-0.15, -0.1) is 0 Å². The van der Waals surface area contributed by atoms with Crippen LogP contribution in [0.1, 0.15) is 46.2 Å². The van der Waals surface area contributed by atoms with E-state index < -0.39 is 0 Å². The van der Waals surface area contributed by atoms with E-state index in [-0.39, 0.29) is 11.8 Å². The minimum Gasteiger partial charge on any atom is -0.340 e. The van der Waals surface area contributed by atoms with Gasteiger partial charge < -0.3 is 4.98 Å². The third-order valence-corrected chi connectivity index (χ3v) is 6.61. The number of hydrogen-bond acceptors (Lipinski definition) is 3. The van der Waals surface area contributed by atoms with Gasteiger partial charge in [-0.25, -0.2) is 4.98 Å². The number of aryl methyl sites for hydroxylation is 2. The van der Waals surface area contributed by atoms with Crippen LogP contribution < -0.4 is 0 Å². The highest BCUT2D eigenvalue weighted by Gasteiger charge is 2.35. The molecule has 2 aliphatic rings. The molecule has 0 saturated carbocycles. The number of rotatable bonds is 3. The number of fused-ring (bicyclic) bond motifs is 2. The number of aromatic amines is 1. The first kappa shape index (κ1) is 18.6. The van der Waals surface area contributed by atoms with Crippen LogP contribution in [0.3, 0.4) is 0 Å². The second kappa shape index (κ2) is 7.43. The van der Waals surface area contributed by atoms with Gasteiger partial charge in [0.2, 0.25) is 0 Å². The molecular formula is C24H24ClN3O. The number of nitrogens with one attached hydrogen (secondary N) is 1. The largest absolute Gasteiger partial charge is 0.340 e. The van der Waals surface area contributed by atoms with Gasteiger partial charge in [-0.05, 0) is 42.5 Å². The van der Waals surface area contributed by atoms with E-state index in [2.05, 4.69) is 35.0 Å². The van der Waals surface area contributed by atoms with Crippen molar-refractivity contribution < 1.29 is 4.79 Å². The summed E-state index contributed by atoms with van der Waals surface area (Å²) in [7, 11) is 0. The third kappa shape index (κ3) is 3.21. The van der Waals surface area contributed by atoms with Gasteiger partial charge in [0.15, 0.2) is 5.78 Å². The maximum absolute atomic E-state index is 13.4. The monoisotopic (exact) mass is 405 g/mol. The zero-order chi connectivity index (χ0) is 20.0. The fourth-order valence-corrected chi connectivity index (χ4v) is 5.00. The number of halogens is 1. The lowest BCUT2D eigenvalue weighted by atomic mass is 9.82. The van der Waals surface area contributed by atoms with Crippen LogP contribution in [0.2, 0.25) is 5.02 Å². The first-order chi connectivity index (χ1) is 14.2. The Morgan fingerprint density at radius 3 is 2.86 bits per heavy atom. The van der Waals surface area contributed by atoms with E-state index in [0.717, 1.165) is 67.1 Å². The SMILES string of the molecule is CCc1cccc2c1C(=O)C(N1CCc3nc(-c4ccccc4Cl)[nH]c3C1)CC2. The summed E-state index contributed by atoms with van der Waals surface area (Å²) >= 11 is 6.35. The van der Waals surface area contributed by atoms with Gasteiger partial charge in [-0.2, -0.15) is 0 Å². The number of ketones is 1. The molecule has 0 fully saturated rings. The number of aromatic nitrogens is 2. The zero-order valence-corrected chi connectivity index (χ0v) is 17.3. The van der Waals surface area contributed by atoms with Gasteiger partial charge in [0.1, 0.15) is 5.82 Å². The normalized spacial score (nSPS) is 19.1. The summed E-state index contributed by atoms with van der Waals surface area (Å²) < 4.78 is 0. The minimum absolute atomic E-state index is 0.0459. The molecule has 1 unspecified atom stereocenters. The molecule has 0 spiro atoms. The van der Waals surface area contributed by atoms with Crippen molar-refractivity contribution in [3.8, 4) is 11.4 Å². The van der Waals surface area contributed by atoms with Crippen molar-refractivity contribution in [2.45, 2.75) is 45.2 Å². The van der Waals surface area contributed by atoms with Crippen LogP contribution in [0.4, 0.5) is 0 Å². The van der Waals surface area contributed by atoms with E-state index >= 15 is 0 Å². The number of imidazole rings is 1. The molecule has 1 aliphatic heterocycles. The molecule has 5 heteroatoms. The fourth-order valence-electron chi connectivity index (χ4n) is 4.77. The van der Waals surface area contributed by atoms with E-state index in [9.17, 15) is 4.79 Å². The van der Waals surface area contributed by atoms with Crippen molar-refractivity contribution in [1.29, 1.82) is 0 Å². The Kier molecular flexibility index (Phi) is 4.76. The summed E-state index contributed by atoms with van der Waals surface area (Å²) in [6.07, 6.45) is 3.60. The van der Waals surface area contributed by atoms with Crippen molar-refractivity contribution in [1.82, 2.24) is 14.9 Å². The Balaban J connectivity index is 1.42. The number of nitrogens with zero attached hydrogens (tertiary/aromatic N) is 2. The fraction of sp³-hybridized carbons (Fsp3) is 0.333. The van der Waals surface area contributed by atoms with Gasteiger partial charge >= 0.3 is 0 Å². The molecular weight excluding hydrogens is 382 g/mol. The molecule has 1 aliphatic carbocycles. The maximum atomic E-state index is 13.4. The molecule has 29 heavy (non-hydrogen) atoms. The second-order valence-electron chi connectivity index (χ2n) is 7.93. The Morgan fingerprint density at radius 1 is 1.17 bits per heavy atom. The standard InChI is InChI=1S/C24H24ClN3O/c1-2-15-6-5-7-16-10-11-21(23(29)22(15)16)28-13-12-19-20(14-28)27-24(26-19)17-8-3-4-9-18(17)25/h3-9,21H,2,10-14H2,1H3,(H,26,27). The quantitative estimate of drug-likeness (QED) is 0.677. The second-order valence-corrected chi connectivity index (χ2v) is 8.34. The van der Waals surface area contributed by atoms with Crippen LogP contribution in [0.5, 0.6) is 0 Å². The molecule has 4 nitrogen and oxygen atoms in total. The molecule has 5 rings (SSSR count). The van der Waals surface area contributed by atoms with E-state index in [1.165, 1.54) is 11.1 Å². The number of Topliss-reactive ketones (excluding diaryl/α,β-unsaturated/α-hetero) is 1. The number of benzene rings is 2. The summed E-state index contributed by atoms with van der Waals surface area (Å²) in [5, 5.41) is 0.696. The third-order valence-electron chi connectivity index (χ3n) is 6.29. The Morgan fingerprint density at radius 2 is 2.03 bits per heavy atom. The van der Waals surface area contributed by atoms with Crippen molar-refractivity contribution in [3.05, 3.63) is 75.6 Å². The molecule has 2 heterocycles. The van der Waals surface area contributed by atoms with Crippen LogP contribution in [-0.2, 0) is 25.8 Å². The summed E-state index contributed by atoms with van der Waals surface area (Å²) in [6.45, 7) is 3.72. The van der Waals surface area contributed by atoms with Gasteiger partial charge in [0.05, 0.1) is 22.5 Å². The first-order valence-corrected chi connectivity index (χ1v) is 10.7. The molecule has 1 aromatic heterocycles. The van der Waals surface area contributed by atoms with Gasteiger partial charge in [0.25, 0.3) is 0 Å². The summed E-state index contributed by atoms with van der Waals surface area (Å²) in [6, 6.07) is 14.0. The van der Waals surface area contributed by atoms with Gasteiger partial charge in [0, 0.05) is 30.6 Å². The molecule has 0 radical (unpaired) electrons.